The maximum Gasteiger partial charge on any atom is 0.280 e. The summed E-state index contributed by atoms with van der Waals surface area (Å²) in [6.45, 7) is 3.67. The molecule has 0 saturated carbocycles. The molecular weight excluding hydrogens is 286 g/mol. The van der Waals surface area contributed by atoms with Gasteiger partial charge in [-0.15, -0.1) is 11.3 Å². The normalized spacial score (nSPS) is 13.4. The van der Waals surface area contributed by atoms with Crippen LogP contribution in [0, 0.1) is 0 Å². The lowest BCUT2D eigenvalue weighted by Crippen LogP contribution is -2.14. The van der Waals surface area contributed by atoms with Crippen molar-refractivity contribution >= 4 is 26.5 Å². The Morgan fingerprint density at radius 1 is 1.58 bits per heavy atom. The fourth-order valence-corrected chi connectivity index (χ4v) is 3.38. The Labute approximate surface area is 115 Å². The summed E-state index contributed by atoms with van der Waals surface area (Å²) in [6, 6.07) is -0.228. The summed E-state index contributed by atoms with van der Waals surface area (Å²) in [5.41, 5.74) is 6.33. The number of imidazole rings is 1. The van der Waals surface area contributed by atoms with Gasteiger partial charge in [0.05, 0.1) is 11.9 Å². The molecule has 2 heterocycles. The molecule has 0 fully saturated rings. The van der Waals surface area contributed by atoms with Crippen LogP contribution in [0.25, 0.3) is 0 Å². The molecule has 0 aliphatic heterocycles. The zero-order valence-electron chi connectivity index (χ0n) is 10.5. The van der Waals surface area contributed by atoms with E-state index in [1.807, 2.05) is 6.92 Å². The van der Waals surface area contributed by atoms with E-state index < -0.39 is 10.0 Å². The smallest absolute Gasteiger partial charge is 0.280 e. The number of sulfonamides is 1. The quantitative estimate of drug-likeness (QED) is 0.769. The molecule has 0 aromatic carbocycles. The molecule has 4 N–H and O–H groups in total. The summed E-state index contributed by atoms with van der Waals surface area (Å²) in [6.07, 6.45) is 1.93. The SMILES string of the molecule is CCc1ncc(S(=O)(=O)Nc2nc(C(C)N)cs2)[nH]1. The van der Waals surface area contributed by atoms with Gasteiger partial charge in [-0.05, 0) is 6.92 Å². The van der Waals surface area contributed by atoms with E-state index in [9.17, 15) is 8.42 Å². The number of aryl methyl sites for hydroxylation is 1. The molecule has 104 valence electrons. The fraction of sp³-hybridized carbons (Fsp3) is 0.400. The molecule has 0 aliphatic carbocycles. The van der Waals surface area contributed by atoms with Crippen molar-refractivity contribution < 1.29 is 8.42 Å². The van der Waals surface area contributed by atoms with Gasteiger partial charge in [0.25, 0.3) is 10.0 Å². The van der Waals surface area contributed by atoms with Gasteiger partial charge in [0, 0.05) is 17.8 Å². The number of hydrogen-bond acceptors (Lipinski definition) is 6. The third-order valence-electron chi connectivity index (χ3n) is 2.44. The van der Waals surface area contributed by atoms with Crippen LogP contribution in [-0.4, -0.2) is 23.4 Å². The minimum absolute atomic E-state index is 0.0295. The van der Waals surface area contributed by atoms with Gasteiger partial charge in [0.2, 0.25) is 0 Å². The highest BCUT2D eigenvalue weighted by molar-refractivity contribution is 7.92. The fourth-order valence-electron chi connectivity index (χ4n) is 1.37. The Morgan fingerprint density at radius 3 is 2.84 bits per heavy atom. The molecule has 0 amide bonds. The molecule has 1 atom stereocenters. The van der Waals surface area contributed by atoms with Crippen LogP contribution >= 0.6 is 11.3 Å². The van der Waals surface area contributed by atoms with Crippen LogP contribution in [0.3, 0.4) is 0 Å². The van der Waals surface area contributed by atoms with E-state index in [2.05, 4.69) is 19.7 Å². The number of nitrogens with zero attached hydrogens (tertiary/aromatic N) is 2. The first-order chi connectivity index (χ1) is 8.92. The van der Waals surface area contributed by atoms with Gasteiger partial charge in [-0.3, -0.25) is 4.72 Å². The second kappa shape index (κ2) is 5.27. The largest absolute Gasteiger partial charge is 0.332 e. The number of nitrogens with one attached hydrogen (secondary N) is 2. The number of aromatic amines is 1. The van der Waals surface area contributed by atoms with E-state index in [0.29, 0.717) is 23.1 Å². The lowest BCUT2D eigenvalue weighted by Gasteiger charge is -2.02. The summed E-state index contributed by atoms with van der Waals surface area (Å²) in [5, 5.41) is 2.05. The lowest BCUT2D eigenvalue weighted by molar-refractivity contribution is 0.598. The van der Waals surface area contributed by atoms with Crippen LogP contribution in [0.2, 0.25) is 0 Å². The van der Waals surface area contributed by atoms with Crippen molar-refractivity contribution in [1.29, 1.82) is 0 Å². The zero-order chi connectivity index (χ0) is 14.0. The number of aromatic nitrogens is 3. The molecule has 0 spiro atoms. The van der Waals surface area contributed by atoms with Crippen LogP contribution in [0.4, 0.5) is 5.13 Å². The topological polar surface area (TPSA) is 114 Å². The first kappa shape index (κ1) is 14.0. The van der Waals surface area contributed by atoms with Gasteiger partial charge in [-0.2, -0.15) is 8.42 Å². The number of anilines is 1. The molecule has 0 saturated heterocycles. The van der Waals surface area contributed by atoms with Crippen LogP contribution in [-0.2, 0) is 16.4 Å². The number of hydrogen-bond donors (Lipinski definition) is 3. The summed E-state index contributed by atoms with van der Waals surface area (Å²) in [4.78, 5) is 10.8. The van der Waals surface area contributed by atoms with E-state index in [0.717, 1.165) is 0 Å². The summed E-state index contributed by atoms with van der Waals surface area (Å²) in [5.74, 6) is 0.621. The number of H-pyrrole nitrogens is 1. The van der Waals surface area contributed by atoms with Crippen molar-refractivity contribution in [3.8, 4) is 0 Å². The minimum Gasteiger partial charge on any atom is -0.332 e. The molecule has 7 nitrogen and oxygen atoms in total. The monoisotopic (exact) mass is 301 g/mol. The van der Waals surface area contributed by atoms with Gasteiger partial charge >= 0.3 is 0 Å². The highest BCUT2D eigenvalue weighted by Crippen LogP contribution is 2.21. The number of thiazole rings is 1. The van der Waals surface area contributed by atoms with Crippen molar-refractivity contribution in [3.63, 3.8) is 0 Å². The van der Waals surface area contributed by atoms with Gasteiger partial charge < -0.3 is 10.7 Å². The Morgan fingerprint density at radius 2 is 2.32 bits per heavy atom. The highest BCUT2D eigenvalue weighted by atomic mass is 32.2. The molecule has 2 aromatic heterocycles. The minimum atomic E-state index is -3.68. The van der Waals surface area contributed by atoms with E-state index >= 15 is 0 Å². The Hall–Kier alpha value is -1.45. The van der Waals surface area contributed by atoms with Gasteiger partial charge in [0.15, 0.2) is 10.2 Å². The van der Waals surface area contributed by atoms with Crippen molar-refractivity contribution in [2.45, 2.75) is 31.3 Å². The van der Waals surface area contributed by atoms with Crippen molar-refractivity contribution in [3.05, 3.63) is 23.1 Å². The van der Waals surface area contributed by atoms with Crippen molar-refractivity contribution in [2.24, 2.45) is 5.73 Å². The van der Waals surface area contributed by atoms with Crippen LogP contribution in [0.1, 0.15) is 31.4 Å². The first-order valence-corrected chi connectivity index (χ1v) is 8.06. The Balaban J connectivity index is 2.20. The zero-order valence-corrected chi connectivity index (χ0v) is 12.2. The third-order valence-corrected chi connectivity index (χ3v) is 4.59. The van der Waals surface area contributed by atoms with Gasteiger partial charge in [-0.25, -0.2) is 9.97 Å². The molecule has 2 aromatic rings. The molecule has 9 heteroatoms. The maximum atomic E-state index is 12.1. The standard InChI is InChI=1S/C10H15N5O2S2/c1-3-8-12-4-9(14-8)19(16,17)15-10-13-7(5-18-10)6(2)11/h4-6H,3,11H2,1-2H3,(H,12,14)(H,13,15). The Bertz CT molecular complexity index is 659. The maximum absolute atomic E-state index is 12.1. The van der Waals surface area contributed by atoms with E-state index in [1.165, 1.54) is 17.5 Å². The molecule has 2 rings (SSSR count). The predicted molar refractivity (Wildman–Crippen MR) is 73.5 cm³/mol. The molecular formula is C10H15N5O2S2. The van der Waals surface area contributed by atoms with Crippen molar-refractivity contribution in [1.82, 2.24) is 15.0 Å². The third kappa shape index (κ3) is 3.11. The van der Waals surface area contributed by atoms with Gasteiger partial charge in [-0.1, -0.05) is 6.92 Å². The molecule has 19 heavy (non-hydrogen) atoms. The average Bonchev–Trinajstić information content (AvgIpc) is 2.96. The lowest BCUT2D eigenvalue weighted by atomic mass is 10.3. The molecule has 0 bridgehead atoms. The van der Waals surface area contributed by atoms with Crippen LogP contribution in [0.15, 0.2) is 16.6 Å². The van der Waals surface area contributed by atoms with E-state index in [-0.39, 0.29) is 11.1 Å². The number of rotatable bonds is 5. The van der Waals surface area contributed by atoms with E-state index in [1.54, 1.807) is 12.3 Å². The second-order valence-electron chi connectivity index (χ2n) is 4.02. The molecule has 0 radical (unpaired) electrons. The second-order valence-corrected chi connectivity index (χ2v) is 6.53. The van der Waals surface area contributed by atoms with Gasteiger partial charge in [0.1, 0.15) is 5.82 Å². The summed E-state index contributed by atoms with van der Waals surface area (Å²) in [7, 11) is -3.68. The summed E-state index contributed by atoms with van der Waals surface area (Å²) >= 11 is 1.20. The van der Waals surface area contributed by atoms with Crippen molar-refractivity contribution in [2.75, 3.05) is 4.72 Å². The van der Waals surface area contributed by atoms with Crippen LogP contribution < -0.4 is 10.5 Å². The number of nitrogens with two attached hydrogens (primary N) is 1. The Kier molecular flexibility index (Phi) is 3.88. The van der Waals surface area contributed by atoms with E-state index in [4.69, 9.17) is 5.73 Å². The first-order valence-electron chi connectivity index (χ1n) is 5.70. The predicted octanol–water partition coefficient (Wildman–Crippen LogP) is 1.25. The average molecular weight is 301 g/mol. The van der Waals surface area contributed by atoms with Crippen LogP contribution in [0.5, 0.6) is 0 Å². The molecule has 0 aliphatic rings. The molecule has 1 unspecified atom stereocenters. The highest BCUT2D eigenvalue weighted by Gasteiger charge is 2.19. The summed E-state index contributed by atoms with van der Waals surface area (Å²) < 4.78 is 26.5.